The van der Waals surface area contributed by atoms with E-state index >= 15 is 0 Å². The Morgan fingerprint density at radius 2 is 1.89 bits per heavy atom. The quantitative estimate of drug-likeness (QED) is 0.908. The second-order valence-electron chi connectivity index (χ2n) is 5.49. The Bertz CT molecular complexity index is 417. The van der Waals surface area contributed by atoms with Gasteiger partial charge in [0.2, 0.25) is 0 Å². The number of hydrogen-bond acceptors (Lipinski definition) is 2. The van der Waals surface area contributed by atoms with E-state index in [-0.39, 0.29) is 6.61 Å². The van der Waals surface area contributed by atoms with Gasteiger partial charge >= 0.3 is 0 Å². The molecule has 0 unspecified atom stereocenters. The maximum atomic E-state index is 13.6. The van der Waals surface area contributed by atoms with Gasteiger partial charge in [0.15, 0.2) is 11.6 Å². The summed E-state index contributed by atoms with van der Waals surface area (Å²) in [7, 11) is 1.95. The summed E-state index contributed by atoms with van der Waals surface area (Å²) in [5.41, 5.74) is 0.409. The van der Waals surface area contributed by atoms with E-state index in [4.69, 9.17) is 5.11 Å². The van der Waals surface area contributed by atoms with Gasteiger partial charge in [0.25, 0.3) is 0 Å². The van der Waals surface area contributed by atoms with Crippen LogP contribution in [0.15, 0.2) is 18.2 Å². The maximum absolute atomic E-state index is 13.6. The molecule has 1 N–H and O–H groups in total. The molecule has 0 heterocycles. The van der Waals surface area contributed by atoms with Crippen LogP contribution >= 0.6 is 0 Å². The topological polar surface area (TPSA) is 23.5 Å². The van der Waals surface area contributed by atoms with Crippen LogP contribution < -0.4 is 0 Å². The minimum absolute atomic E-state index is 0.259. The molecule has 1 fully saturated rings. The van der Waals surface area contributed by atoms with Crippen molar-refractivity contribution in [2.75, 3.05) is 13.7 Å². The molecule has 0 radical (unpaired) electrons. The van der Waals surface area contributed by atoms with Crippen LogP contribution in [-0.2, 0) is 6.54 Å². The van der Waals surface area contributed by atoms with Gasteiger partial charge in [-0.15, -0.1) is 0 Å². The van der Waals surface area contributed by atoms with Crippen LogP contribution in [0.3, 0.4) is 0 Å². The van der Waals surface area contributed by atoms with Crippen LogP contribution in [0.4, 0.5) is 8.78 Å². The minimum atomic E-state index is -0.783. The third kappa shape index (κ3) is 3.51. The van der Waals surface area contributed by atoms with Crippen molar-refractivity contribution in [2.45, 2.75) is 38.3 Å². The summed E-state index contributed by atoms with van der Waals surface area (Å²) in [6.45, 7) is 0.688. The largest absolute Gasteiger partial charge is 0.396 e. The lowest BCUT2D eigenvalue weighted by molar-refractivity contribution is 0.123. The SMILES string of the molecule is CN(Cc1cccc(F)c1F)C1CCC(CO)CC1. The molecular formula is C15H21F2NO. The highest BCUT2D eigenvalue weighted by molar-refractivity contribution is 5.18. The van der Waals surface area contributed by atoms with Gasteiger partial charge in [-0.3, -0.25) is 4.90 Å². The maximum Gasteiger partial charge on any atom is 0.163 e. The van der Waals surface area contributed by atoms with E-state index in [0.717, 1.165) is 31.7 Å². The Hall–Kier alpha value is -1.00. The first-order valence-corrected chi connectivity index (χ1v) is 6.85. The molecule has 0 amide bonds. The van der Waals surface area contributed by atoms with Crippen molar-refractivity contribution in [3.8, 4) is 0 Å². The molecule has 2 rings (SSSR count). The highest BCUT2D eigenvalue weighted by Gasteiger charge is 2.24. The standard InChI is InChI=1S/C15H21F2NO/c1-18(13-7-5-11(10-19)6-8-13)9-12-3-2-4-14(16)15(12)17/h2-4,11,13,19H,5-10H2,1H3. The summed E-state index contributed by atoms with van der Waals surface area (Å²) in [6.07, 6.45) is 4.05. The Morgan fingerprint density at radius 3 is 2.53 bits per heavy atom. The van der Waals surface area contributed by atoms with E-state index < -0.39 is 11.6 Å². The second kappa shape index (κ2) is 6.44. The van der Waals surface area contributed by atoms with Crippen LogP contribution in [0.5, 0.6) is 0 Å². The van der Waals surface area contributed by atoms with E-state index in [0.29, 0.717) is 24.1 Å². The number of benzene rings is 1. The predicted octanol–water partition coefficient (Wildman–Crippen LogP) is 2.95. The fourth-order valence-corrected chi connectivity index (χ4v) is 2.84. The molecular weight excluding hydrogens is 248 g/mol. The van der Waals surface area contributed by atoms with Crippen LogP contribution in [-0.4, -0.2) is 29.7 Å². The van der Waals surface area contributed by atoms with Crippen molar-refractivity contribution < 1.29 is 13.9 Å². The van der Waals surface area contributed by atoms with E-state index in [1.165, 1.54) is 0 Å². The molecule has 1 aromatic carbocycles. The van der Waals surface area contributed by atoms with Crippen molar-refractivity contribution in [3.63, 3.8) is 0 Å². The molecule has 0 spiro atoms. The summed E-state index contributed by atoms with van der Waals surface area (Å²) in [6, 6.07) is 4.72. The van der Waals surface area contributed by atoms with Crippen molar-refractivity contribution in [3.05, 3.63) is 35.4 Å². The zero-order valence-electron chi connectivity index (χ0n) is 11.3. The summed E-state index contributed by atoms with van der Waals surface area (Å²) >= 11 is 0. The van der Waals surface area contributed by atoms with Gasteiger partial charge in [-0.2, -0.15) is 0 Å². The minimum Gasteiger partial charge on any atom is -0.396 e. The summed E-state index contributed by atoms with van der Waals surface area (Å²) < 4.78 is 26.8. The molecule has 19 heavy (non-hydrogen) atoms. The van der Waals surface area contributed by atoms with E-state index in [9.17, 15) is 8.78 Å². The molecule has 1 aliphatic rings. The molecule has 1 aliphatic carbocycles. The van der Waals surface area contributed by atoms with E-state index in [1.54, 1.807) is 12.1 Å². The Kier molecular flexibility index (Phi) is 4.88. The van der Waals surface area contributed by atoms with Crippen LogP contribution in [0.1, 0.15) is 31.2 Å². The van der Waals surface area contributed by atoms with Gasteiger partial charge in [0, 0.05) is 24.8 Å². The molecule has 0 saturated heterocycles. The first-order valence-electron chi connectivity index (χ1n) is 6.85. The van der Waals surface area contributed by atoms with Crippen LogP contribution in [0, 0.1) is 17.6 Å². The van der Waals surface area contributed by atoms with Crippen molar-refractivity contribution >= 4 is 0 Å². The Balaban J connectivity index is 1.94. The number of nitrogens with zero attached hydrogens (tertiary/aromatic N) is 1. The molecule has 0 aromatic heterocycles. The molecule has 0 aliphatic heterocycles. The van der Waals surface area contributed by atoms with Crippen molar-refractivity contribution in [2.24, 2.45) is 5.92 Å². The van der Waals surface area contributed by atoms with Gasteiger partial charge in [-0.1, -0.05) is 12.1 Å². The molecule has 106 valence electrons. The Labute approximate surface area is 113 Å². The molecule has 4 heteroatoms. The summed E-state index contributed by atoms with van der Waals surface area (Å²) in [5.74, 6) is -1.11. The molecule has 0 bridgehead atoms. The third-order valence-electron chi connectivity index (χ3n) is 4.15. The lowest BCUT2D eigenvalue weighted by atomic mass is 9.86. The van der Waals surface area contributed by atoms with Gasteiger partial charge in [-0.05, 0) is 44.7 Å². The third-order valence-corrected chi connectivity index (χ3v) is 4.15. The average molecular weight is 269 g/mol. The second-order valence-corrected chi connectivity index (χ2v) is 5.49. The first-order chi connectivity index (χ1) is 9.11. The highest BCUT2D eigenvalue weighted by atomic mass is 19.2. The molecule has 1 aromatic rings. The lowest BCUT2D eigenvalue weighted by Crippen LogP contribution is -2.35. The molecule has 0 atom stereocenters. The monoisotopic (exact) mass is 269 g/mol. The molecule has 2 nitrogen and oxygen atoms in total. The van der Waals surface area contributed by atoms with Crippen LogP contribution in [0.25, 0.3) is 0 Å². The van der Waals surface area contributed by atoms with Crippen LogP contribution in [0.2, 0.25) is 0 Å². The highest BCUT2D eigenvalue weighted by Crippen LogP contribution is 2.27. The lowest BCUT2D eigenvalue weighted by Gasteiger charge is -2.34. The fourth-order valence-electron chi connectivity index (χ4n) is 2.84. The van der Waals surface area contributed by atoms with Crippen molar-refractivity contribution in [1.82, 2.24) is 4.90 Å². The normalized spacial score (nSPS) is 23.8. The first kappa shape index (κ1) is 14.4. The number of rotatable bonds is 4. The van der Waals surface area contributed by atoms with Gasteiger partial charge in [-0.25, -0.2) is 8.78 Å². The number of hydrogen-bond donors (Lipinski definition) is 1. The van der Waals surface area contributed by atoms with Gasteiger partial charge < -0.3 is 5.11 Å². The average Bonchev–Trinajstić information content (AvgIpc) is 2.44. The van der Waals surface area contributed by atoms with Crippen molar-refractivity contribution in [1.29, 1.82) is 0 Å². The van der Waals surface area contributed by atoms with Gasteiger partial charge in [0.1, 0.15) is 0 Å². The number of halogens is 2. The zero-order valence-corrected chi connectivity index (χ0v) is 11.3. The summed E-state index contributed by atoms with van der Waals surface area (Å²) in [4.78, 5) is 2.09. The van der Waals surface area contributed by atoms with Gasteiger partial charge in [0.05, 0.1) is 0 Å². The van der Waals surface area contributed by atoms with E-state index in [2.05, 4.69) is 4.90 Å². The fraction of sp³-hybridized carbons (Fsp3) is 0.600. The van der Waals surface area contributed by atoms with E-state index in [1.807, 2.05) is 7.05 Å². The smallest absolute Gasteiger partial charge is 0.163 e. The predicted molar refractivity (Wildman–Crippen MR) is 70.7 cm³/mol. The summed E-state index contributed by atoms with van der Waals surface area (Å²) in [5, 5.41) is 9.11. The molecule has 1 saturated carbocycles. The number of aliphatic hydroxyl groups is 1. The number of aliphatic hydroxyl groups excluding tert-OH is 1. The Morgan fingerprint density at radius 1 is 1.21 bits per heavy atom. The zero-order chi connectivity index (χ0) is 13.8.